The summed E-state index contributed by atoms with van der Waals surface area (Å²) in [7, 11) is 1.46. The molecule has 1 aliphatic carbocycles. The summed E-state index contributed by atoms with van der Waals surface area (Å²) in [6.07, 6.45) is 2.53. The molecule has 146 valence electrons. The minimum atomic E-state index is -4.39. The van der Waals surface area contributed by atoms with E-state index in [0.717, 1.165) is 11.6 Å². The highest BCUT2D eigenvalue weighted by atomic mass is 19.4. The number of benzene rings is 1. The minimum Gasteiger partial charge on any atom is -0.497 e. The van der Waals surface area contributed by atoms with Crippen molar-refractivity contribution in [1.82, 2.24) is 9.97 Å². The highest BCUT2D eigenvalue weighted by molar-refractivity contribution is 5.82. The monoisotopic (exact) mass is 388 g/mol. The van der Waals surface area contributed by atoms with Crippen LogP contribution in [0.15, 0.2) is 52.9 Å². The average molecular weight is 388 g/mol. The molecular formula is C20H19F3N4O. The molecule has 0 N–H and O–H groups in total. The standard InChI is InChI=1S/C20H19F3N4O/c1-28-16-5-6-18(20(21,22)23)17(10-16)13-3-4-14-12-27(26-11-15(14)9-13)19-24-7-2-8-25-19/h2,5-8,10-11,13H,3-4,9,12H2,1H3. The van der Waals surface area contributed by atoms with Crippen LogP contribution in [-0.2, 0) is 6.18 Å². The molecule has 0 fully saturated rings. The van der Waals surface area contributed by atoms with E-state index in [9.17, 15) is 13.2 Å². The second-order valence-electron chi connectivity index (χ2n) is 6.87. The van der Waals surface area contributed by atoms with Gasteiger partial charge in [-0.2, -0.15) is 18.3 Å². The predicted octanol–water partition coefficient (Wildman–Crippen LogP) is 4.57. The number of anilines is 1. The third kappa shape index (κ3) is 3.58. The summed E-state index contributed by atoms with van der Waals surface area (Å²) in [6.45, 7) is 0.562. The van der Waals surface area contributed by atoms with Crippen LogP contribution in [0.2, 0.25) is 0 Å². The van der Waals surface area contributed by atoms with Crippen molar-refractivity contribution in [1.29, 1.82) is 0 Å². The van der Waals surface area contributed by atoms with Crippen molar-refractivity contribution >= 4 is 12.2 Å². The van der Waals surface area contributed by atoms with Crippen molar-refractivity contribution in [3.05, 3.63) is 58.9 Å². The first-order valence-electron chi connectivity index (χ1n) is 9.00. The third-order valence-electron chi connectivity index (χ3n) is 5.20. The molecule has 0 spiro atoms. The smallest absolute Gasteiger partial charge is 0.416 e. The van der Waals surface area contributed by atoms with E-state index in [1.54, 1.807) is 29.7 Å². The van der Waals surface area contributed by atoms with E-state index in [4.69, 9.17) is 4.74 Å². The highest BCUT2D eigenvalue weighted by Gasteiger charge is 2.37. The maximum atomic E-state index is 13.5. The summed E-state index contributed by atoms with van der Waals surface area (Å²) >= 11 is 0. The molecule has 1 aliphatic heterocycles. The number of nitrogens with zero attached hydrogens (tertiary/aromatic N) is 4. The van der Waals surface area contributed by atoms with E-state index in [-0.39, 0.29) is 5.92 Å². The van der Waals surface area contributed by atoms with Crippen molar-refractivity contribution < 1.29 is 17.9 Å². The zero-order valence-electron chi connectivity index (χ0n) is 15.3. The van der Waals surface area contributed by atoms with Gasteiger partial charge in [0.1, 0.15) is 5.75 Å². The van der Waals surface area contributed by atoms with E-state index >= 15 is 0 Å². The van der Waals surface area contributed by atoms with Crippen LogP contribution in [0.4, 0.5) is 19.1 Å². The molecule has 0 saturated heterocycles. The van der Waals surface area contributed by atoms with Crippen LogP contribution in [0.3, 0.4) is 0 Å². The molecule has 28 heavy (non-hydrogen) atoms. The summed E-state index contributed by atoms with van der Waals surface area (Å²) in [6, 6.07) is 5.73. The third-order valence-corrected chi connectivity index (χ3v) is 5.20. The molecule has 0 bridgehead atoms. The molecule has 2 aromatic rings. The van der Waals surface area contributed by atoms with Gasteiger partial charge in [-0.15, -0.1) is 0 Å². The zero-order chi connectivity index (χ0) is 19.7. The van der Waals surface area contributed by atoms with Gasteiger partial charge >= 0.3 is 6.18 Å². The van der Waals surface area contributed by atoms with E-state index in [2.05, 4.69) is 15.1 Å². The summed E-state index contributed by atoms with van der Waals surface area (Å²) in [5.74, 6) is 0.725. The summed E-state index contributed by atoms with van der Waals surface area (Å²) < 4.78 is 45.7. The molecule has 0 amide bonds. The first-order chi connectivity index (χ1) is 13.5. The van der Waals surface area contributed by atoms with Gasteiger partial charge in [0.2, 0.25) is 5.95 Å². The van der Waals surface area contributed by atoms with Crippen molar-refractivity contribution in [3.8, 4) is 5.75 Å². The number of allylic oxidation sites excluding steroid dienone is 1. The first kappa shape index (κ1) is 18.5. The van der Waals surface area contributed by atoms with E-state index < -0.39 is 11.7 Å². The van der Waals surface area contributed by atoms with Gasteiger partial charge in [-0.3, -0.25) is 0 Å². The topological polar surface area (TPSA) is 50.6 Å². The van der Waals surface area contributed by atoms with Gasteiger partial charge in [-0.05, 0) is 66.2 Å². The second-order valence-corrected chi connectivity index (χ2v) is 6.87. The number of hydrazone groups is 1. The summed E-state index contributed by atoms with van der Waals surface area (Å²) in [4.78, 5) is 8.40. The number of halogens is 3. The number of alkyl halides is 3. The number of rotatable bonds is 3. The molecule has 1 aromatic heterocycles. The zero-order valence-corrected chi connectivity index (χ0v) is 15.3. The van der Waals surface area contributed by atoms with Crippen molar-refractivity contribution in [2.45, 2.75) is 31.4 Å². The van der Waals surface area contributed by atoms with Crippen LogP contribution in [0.25, 0.3) is 0 Å². The summed E-state index contributed by atoms with van der Waals surface area (Å²) in [5, 5.41) is 6.11. The lowest BCUT2D eigenvalue weighted by Gasteiger charge is -2.32. The van der Waals surface area contributed by atoms with Crippen LogP contribution in [0.5, 0.6) is 5.75 Å². The Hall–Kier alpha value is -2.90. The Balaban J connectivity index is 1.59. The van der Waals surface area contributed by atoms with Crippen LogP contribution in [-0.4, -0.2) is 29.8 Å². The molecule has 0 radical (unpaired) electrons. The number of methoxy groups -OCH3 is 1. The molecule has 2 aliphatic rings. The van der Waals surface area contributed by atoms with Gasteiger partial charge in [-0.1, -0.05) is 0 Å². The van der Waals surface area contributed by atoms with Gasteiger partial charge in [0.25, 0.3) is 0 Å². The Morgan fingerprint density at radius 3 is 2.68 bits per heavy atom. The van der Waals surface area contributed by atoms with Crippen molar-refractivity contribution in [3.63, 3.8) is 0 Å². The quantitative estimate of drug-likeness (QED) is 0.773. The number of hydrogen-bond acceptors (Lipinski definition) is 5. The van der Waals surface area contributed by atoms with E-state index in [1.807, 2.05) is 0 Å². The Morgan fingerprint density at radius 1 is 1.18 bits per heavy atom. The number of aromatic nitrogens is 2. The molecule has 0 saturated carbocycles. The normalized spacial score (nSPS) is 19.6. The SMILES string of the molecule is COc1ccc(C(F)(F)F)c(C2CCC3=C(C=NN(c4ncccn4)C3)C2)c1. The highest BCUT2D eigenvalue weighted by Crippen LogP contribution is 2.43. The molecule has 1 unspecified atom stereocenters. The maximum absolute atomic E-state index is 13.5. The molecule has 1 aromatic carbocycles. The van der Waals surface area contributed by atoms with Gasteiger partial charge in [0, 0.05) is 12.4 Å². The lowest BCUT2D eigenvalue weighted by molar-refractivity contribution is -0.138. The largest absolute Gasteiger partial charge is 0.497 e. The number of hydrogen-bond donors (Lipinski definition) is 0. The predicted molar refractivity (Wildman–Crippen MR) is 99.5 cm³/mol. The molecule has 1 atom stereocenters. The van der Waals surface area contributed by atoms with Crippen LogP contribution >= 0.6 is 0 Å². The molecule has 2 heterocycles. The Labute approximate surface area is 160 Å². The van der Waals surface area contributed by atoms with E-state index in [0.29, 0.717) is 43.1 Å². The molecule has 4 rings (SSSR count). The average Bonchev–Trinajstić information content (AvgIpc) is 2.72. The fraction of sp³-hybridized carbons (Fsp3) is 0.350. The number of ether oxygens (including phenoxy) is 1. The second kappa shape index (κ2) is 7.26. The maximum Gasteiger partial charge on any atom is 0.416 e. The molecule has 5 nitrogen and oxygen atoms in total. The first-order valence-corrected chi connectivity index (χ1v) is 9.00. The van der Waals surface area contributed by atoms with E-state index in [1.165, 1.54) is 24.8 Å². The van der Waals surface area contributed by atoms with Crippen LogP contribution in [0.1, 0.15) is 36.3 Å². The Morgan fingerprint density at radius 2 is 1.96 bits per heavy atom. The van der Waals surface area contributed by atoms with Gasteiger partial charge in [0.15, 0.2) is 0 Å². The van der Waals surface area contributed by atoms with Gasteiger partial charge in [0.05, 0.1) is 25.4 Å². The van der Waals surface area contributed by atoms with Crippen molar-refractivity contribution in [2.75, 3.05) is 18.7 Å². The Kier molecular flexibility index (Phi) is 4.78. The van der Waals surface area contributed by atoms with Gasteiger partial charge in [-0.25, -0.2) is 15.0 Å². The molecule has 8 heteroatoms. The minimum absolute atomic E-state index is 0.226. The van der Waals surface area contributed by atoms with Crippen LogP contribution in [0, 0.1) is 0 Å². The lowest BCUT2D eigenvalue weighted by atomic mass is 9.78. The Bertz CT molecular complexity index is 925. The van der Waals surface area contributed by atoms with Crippen molar-refractivity contribution in [2.24, 2.45) is 5.10 Å². The van der Waals surface area contributed by atoms with Gasteiger partial charge < -0.3 is 4.74 Å². The van der Waals surface area contributed by atoms with Crippen LogP contribution < -0.4 is 9.75 Å². The molecular weight excluding hydrogens is 369 g/mol. The summed E-state index contributed by atoms with van der Waals surface area (Å²) in [5.41, 5.74) is 1.88. The lowest BCUT2D eigenvalue weighted by Crippen LogP contribution is -2.29. The fourth-order valence-corrected chi connectivity index (χ4v) is 3.78. The fourth-order valence-electron chi connectivity index (χ4n) is 3.78.